The Morgan fingerprint density at radius 2 is 1.96 bits per heavy atom. The number of nitrogens with one attached hydrogen (secondary N) is 2. The maximum atomic E-state index is 12.7. The quantitative estimate of drug-likeness (QED) is 0.279. The minimum atomic E-state index is -4.47. The van der Waals surface area contributed by atoms with Crippen molar-refractivity contribution in [1.29, 1.82) is 0 Å². The first-order valence-corrected chi connectivity index (χ1v) is 9.52. The van der Waals surface area contributed by atoms with E-state index in [4.69, 9.17) is 0 Å². The highest BCUT2D eigenvalue weighted by Gasteiger charge is 2.39. The Balaban J connectivity index is 0.00000280. The second-order valence-electron chi connectivity index (χ2n) is 7.40. The Morgan fingerprint density at radius 3 is 2.64 bits per heavy atom. The highest BCUT2D eigenvalue weighted by Crippen LogP contribution is 2.43. The SMILES string of the molecule is CN=C(NCCNc1nccc(C(F)(F)F)n1)N1CCC2(CCCCC2)C1.I. The van der Waals surface area contributed by atoms with Crippen molar-refractivity contribution >= 4 is 35.9 Å². The van der Waals surface area contributed by atoms with E-state index in [0.717, 1.165) is 31.3 Å². The van der Waals surface area contributed by atoms with Crippen molar-refractivity contribution in [2.45, 2.75) is 44.7 Å². The third-order valence-corrected chi connectivity index (χ3v) is 5.50. The zero-order valence-electron chi connectivity index (χ0n) is 16.1. The Bertz CT molecular complexity index is 661. The molecule has 1 aliphatic carbocycles. The molecule has 0 amide bonds. The van der Waals surface area contributed by atoms with Crippen LogP contribution in [0.25, 0.3) is 0 Å². The topological polar surface area (TPSA) is 65.4 Å². The molecule has 158 valence electrons. The fraction of sp³-hybridized carbons (Fsp3) is 0.722. The number of nitrogens with zero attached hydrogens (tertiary/aromatic N) is 4. The molecule has 1 aromatic heterocycles. The van der Waals surface area contributed by atoms with Gasteiger partial charge >= 0.3 is 6.18 Å². The number of rotatable bonds is 4. The van der Waals surface area contributed by atoms with Crippen LogP contribution in [-0.4, -0.2) is 54.1 Å². The van der Waals surface area contributed by atoms with Gasteiger partial charge in [-0.15, -0.1) is 24.0 Å². The number of likely N-dealkylation sites (tertiary alicyclic amines) is 1. The van der Waals surface area contributed by atoms with Crippen molar-refractivity contribution in [3.8, 4) is 0 Å². The average Bonchev–Trinajstić information content (AvgIpc) is 3.05. The first kappa shape index (κ1) is 23.0. The fourth-order valence-electron chi connectivity index (χ4n) is 4.11. The second-order valence-corrected chi connectivity index (χ2v) is 7.40. The molecule has 0 aromatic carbocycles. The summed E-state index contributed by atoms with van der Waals surface area (Å²) in [4.78, 5) is 14.0. The number of aliphatic imine (C=N–C) groups is 1. The summed E-state index contributed by atoms with van der Waals surface area (Å²) in [5.41, 5.74) is -0.501. The number of hydrogen-bond acceptors (Lipinski definition) is 4. The van der Waals surface area contributed by atoms with E-state index < -0.39 is 11.9 Å². The van der Waals surface area contributed by atoms with Gasteiger partial charge in [0.1, 0.15) is 5.69 Å². The molecule has 1 spiro atoms. The van der Waals surface area contributed by atoms with Crippen molar-refractivity contribution in [3.05, 3.63) is 18.0 Å². The Labute approximate surface area is 180 Å². The number of halogens is 4. The van der Waals surface area contributed by atoms with Crippen LogP contribution in [0, 0.1) is 5.41 Å². The predicted molar refractivity (Wildman–Crippen MR) is 114 cm³/mol. The second kappa shape index (κ2) is 9.93. The van der Waals surface area contributed by atoms with E-state index in [1.165, 1.54) is 38.5 Å². The van der Waals surface area contributed by atoms with Crippen LogP contribution in [0.3, 0.4) is 0 Å². The molecule has 2 N–H and O–H groups in total. The van der Waals surface area contributed by atoms with E-state index in [0.29, 0.717) is 18.5 Å². The highest BCUT2D eigenvalue weighted by molar-refractivity contribution is 14.0. The summed E-state index contributed by atoms with van der Waals surface area (Å²) in [7, 11) is 1.76. The molecule has 2 heterocycles. The molecule has 0 atom stereocenters. The van der Waals surface area contributed by atoms with E-state index in [1.54, 1.807) is 7.05 Å². The summed E-state index contributed by atoms with van der Waals surface area (Å²) in [5.74, 6) is 0.827. The number of guanidine groups is 1. The van der Waals surface area contributed by atoms with Crippen molar-refractivity contribution in [2.24, 2.45) is 10.4 Å². The summed E-state index contributed by atoms with van der Waals surface area (Å²) in [6.45, 7) is 2.97. The molecule has 2 fully saturated rings. The number of hydrogen-bond donors (Lipinski definition) is 2. The average molecular weight is 512 g/mol. The number of aromatic nitrogens is 2. The standard InChI is InChI=1S/C18H27F3N6.HI/c1-22-16(27-12-8-17(13-27)6-3-2-4-7-17)25-11-10-24-15-23-9-5-14(26-15)18(19,20)21;/h5,9H,2-4,6-8,10-13H2,1H3,(H,22,25)(H,23,24,26);1H. The number of alkyl halides is 3. The van der Waals surface area contributed by atoms with Crippen LogP contribution in [0.4, 0.5) is 19.1 Å². The van der Waals surface area contributed by atoms with Crippen molar-refractivity contribution in [2.75, 3.05) is 38.5 Å². The minimum absolute atomic E-state index is 0. The first-order chi connectivity index (χ1) is 12.9. The molecule has 10 heteroatoms. The summed E-state index contributed by atoms with van der Waals surface area (Å²) in [6, 6.07) is 0.861. The molecule has 1 aromatic rings. The van der Waals surface area contributed by atoms with Gasteiger partial charge in [-0.25, -0.2) is 9.97 Å². The molecule has 1 saturated heterocycles. The molecule has 3 rings (SSSR count). The van der Waals surface area contributed by atoms with Crippen LogP contribution >= 0.6 is 24.0 Å². The molecule has 2 aliphatic rings. The third-order valence-electron chi connectivity index (χ3n) is 5.50. The zero-order chi connectivity index (χ0) is 19.3. The lowest BCUT2D eigenvalue weighted by Crippen LogP contribution is -2.43. The molecular formula is C18H28F3IN6. The lowest BCUT2D eigenvalue weighted by atomic mass is 9.73. The zero-order valence-corrected chi connectivity index (χ0v) is 18.4. The molecule has 6 nitrogen and oxygen atoms in total. The van der Waals surface area contributed by atoms with E-state index >= 15 is 0 Å². The van der Waals surface area contributed by atoms with Gasteiger partial charge in [0.05, 0.1) is 0 Å². The molecule has 0 bridgehead atoms. The Hall–Kier alpha value is -1.33. The maximum Gasteiger partial charge on any atom is 0.433 e. The normalized spacial score (nSPS) is 19.4. The van der Waals surface area contributed by atoms with Gasteiger partial charge in [-0.2, -0.15) is 13.2 Å². The van der Waals surface area contributed by atoms with Crippen LogP contribution in [-0.2, 0) is 6.18 Å². The van der Waals surface area contributed by atoms with Crippen LogP contribution in [0.2, 0.25) is 0 Å². The van der Waals surface area contributed by atoms with E-state index in [2.05, 4.69) is 30.5 Å². The van der Waals surface area contributed by atoms with Gasteiger partial charge in [-0.3, -0.25) is 4.99 Å². The largest absolute Gasteiger partial charge is 0.433 e. The van der Waals surface area contributed by atoms with Gasteiger partial charge in [0.15, 0.2) is 5.96 Å². The molecular weight excluding hydrogens is 484 g/mol. The lowest BCUT2D eigenvalue weighted by Gasteiger charge is -2.33. The van der Waals surface area contributed by atoms with E-state index in [-0.39, 0.29) is 29.9 Å². The van der Waals surface area contributed by atoms with Gasteiger partial charge in [0.25, 0.3) is 0 Å². The van der Waals surface area contributed by atoms with E-state index in [1.807, 2.05) is 0 Å². The Kier molecular flexibility index (Phi) is 8.14. The smallest absolute Gasteiger partial charge is 0.354 e. The fourth-order valence-corrected chi connectivity index (χ4v) is 4.11. The first-order valence-electron chi connectivity index (χ1n) is 9.52. The lowest BCUT2D eigenvalue weighted by molar-refractivity contribution is -0.141. The predicted octanol–water partition coefficient (Wildman–Crippen LogP) is 3.76. The maximum absolute atomic E-state index is 12.7. The summed E-state index contributed by atoms with van der Waals surface area (Å²) >= 11 is 0. The molecule has 28 heavy (non-hydrogen) atoms. The van der Waals surface area contributed by atoms with Crippen LogP contribution in [0.15, 0.2) is 17.3 Å². The van der Waals surface area contributed by atoms with Crippen LogP contribution in [0.1, 0.15) is 44.2 Å². The van der Waals surface area contributed by atoms with E-state index in [9.17, 15) is 13.2 Å². The van der Waals surface area contributed by atoms with Gasteiger partial charge in [0.2, 0.25) is 5.95 Å². The monoisotopic (exact) mass is 512 g/mol. The van der Waals surface area contributed by atoms with Crippen molar-refractivity contribution < 1.29 is 13.2 Å². The van der Waals surface area contributed by atoms with Crippen molar-refractivity contribution in [1.82, 2.24) is 20.2 Å². The summed E-state index contributed by atoms with van der Waals surface area (Å²) in [5, 5.41) is 6.11. The van der Waals surface area contributed by atoms with Crippen LogP contribution < -0.4 is 10.6 Å². The number of anilines is 1. The van der Waals surface area contributed by atoms with Gasteiger partial charge in [-0.05, 0) is 30.7 Å². The summed E-state index contributed by atoms with van der Waals surface area (Å²) in [6.07, 6.45) is 4.44. The molecule has 1 saturated carbocycles. The summed E-state index contributed by atoms with van der Waals surface area (Å²) < 4.78 is 38.0. The van der Waals surface area contributed by atoms with Crippen molar-refractivity contribution in [3.63, 3.8) is 0 Å². The molecule has 1 aliphatic heterocycles. The van der Waals surface area contributed by atoms with Crippen LogP contribution in [0.5, 0.6) is 0 Å². The molecule has 0 unspecified atom stereocenters. The highest BCUT2D eigenvalue weighted by atomic mass is 127. The molecule has 0 radical (unpaired) electrons. The minimum Gasteiger partial charge on any atom is -0.354 e. The third kappa shape index (κ3) is 5.84. The Morgan fingerprint density at radius 1 is 1.21 bits per heavy atom. The van der Waals surface area contributed by atoms with Gasteiger partial charge < -0.3 is 15.5 Å². The van der Waals surface area contributed by atoms with Gasteiger partial charge in [-0.1, -0.05) is 19.3 Å². The van der Waals surface area contributed by atoms with Gasteiger partial charge in [0, 0.05) is 39.4 Å².